The molecule has 6 nitrogen and oxygen atoms in total. The third-order valence-electron chi connectivity index (χ3n) is 1.83. The number of aromatic nitrogens is 1. The van der Waals surface area contributed by atoms with Gasteiger partial charge in [-0.05, 0) is 19.1 Å². The Kier molecular flexibility index (Phi) is 4.22. The number of nitrogens with two attached hydrogens (primary N) is 1. The van der Waals surface area contributed by atoms with Crippen molar-refractivity contribution in [1.82, 2.24) is 9.71 Å². The van der Waals surface area contributed by atoms with Crippen LogP contribution >= 0.6 is 0 Å². The van der Waals surface area contributed by atoms with E-state index < -0.39 is 10.0 Å². The Labute approximate surface area is 94.9 Å². The van der Waals surface area contributed by atoms with Gasteiger partial charge in [0.25, 0.3) is 10.0 Å². The van der Waals surface area contributed by atoms with Crippen LogP contribution in [0.3, 0.4) is 0 Å². The first-order valence-corrected chi connectivity index (χ1v) is 6.17. The van der Waals surface area contributed by atoms with E-state index in [4.69, 9.17) is 10.5 Å². The minimum atomic E-state index is -3.68. The largest absolute Gasteiger partial charge is 0.396 e. The Balaban J connectivity index is 2.91. The second-order valence-electron chi connectivity index (χ2n) is 3.38. The molecule has 16 heavy (non-hydrogen) atoms. The van der Waals surface area contributed by atoms with E-state index >= 15 is 0 Å². The highest BCUT2D eigenvalue weighted by atomic mass is 32.2. The van der Waals surface area contributed by atoms with Crippen LogP contribution in [-0.2, 0) is 14.8 Å². The van der Waals surface area contributed by atoms with Crippen molar-refractivity contribution in [2.24, 2.45) is 0 Å². The van der Waals surface area contributed by atoms with Crippen molar-refractivity contribution in [3.05, 3.63) is 18.3 Å². The fourth-order valence-corrected chi connectivity index (χ4v) is 2.52. The Morgan fingerprint density at radius 1 is 1.62 bits per heavy atom. The number of anilines is 1. The standard InChI is InChI=1S/C9H15N3O3S/c1-7(6-15-2)12-16(13,14)9-8(10)4-3-5-11-9/h3-5,7,12H,6,10H2,1-2H3. The van der Waals surface area contributed by atoms with Crippen LogP contribution in [0.4, 0.5) is 5.69 Å². The summed E-state index contributed by atoms with van der Waals surface area (Å²) in [6, 6.07) is 2.73. The molecule has 0 aliphatic rings. The second-order valence-corrected chi connectivity index (χ2v) is 5.00. The van der Waals surface area contributed by atoms with Gasteiger partial charge in [0.15, 0.2) is 5.03 Å². The molecule has 1 atom stereocenters. The van der Waals surface area contributed by atoms with E-state index in [0.29, 0.717) is 0 Å². The van der Waals surface area contributed by atoms with E-state index in [1.54, 1.807) is 13.0 Å². The summed E-state index contributed by atoms with van der Waals surface area (Å²) < 4.78 is 30.9. The monoisotopic (exact) mass is 245 g/mol. The van der Waals surface area contributed by atoms with Crippen molar-refractivity contribution in [2.45, 2.75) is 18.0 Å². The molecule has 0 radical (unpaired) electrons. The summed E-state index contributed by atoms with van der Waals surface area (Å²) in [6.45, 7) is 1.98. The maximum atomic E-state index is 11.8. The van der Waals surface area contributed by atoms with Gasteiger partial charge in [-0.15, -0.1) is 0 Å². The molecule has 1 rings (SSSR count). The van der Waals surface area contributed by atoms with Crippen LogP contribution in [0.1, 0.15) is 6.92 Å². The van der Waals surface area contributed by atoms with Gasteiger partial charge in [0.05, 0.1) is 12.3 Å². The highest BCUT2D eigenvalue weighted by Gasteiger charge is 2.20. The average molecular weight is 245 g/mol. The first kappa shape index (κ1) is 12.9. The molecule has 1 heterocycles. The van der Waals surface area contributed by atoms with Crippen LogP contribution in [-0.4, -0.2) is 33.2 Å². The number of hydrogen-bond donors (Lipinski definition) is 2. The van der Waals surface area contributed by atoms with Gasteiger partial charge in [-0.2, -0.15) is 0 Å². The van der Waals surface area contributed by atoms with Gasteiger partial charge in [-0.1, -0.05) is 0 Å². The molecule has 0 bridgehead atoms. The predicted octanol–water partition coefficient (Wildman–Crippen LogP) is -0.0230. The Morgan fingerprint density at radius 3 is 2.88 bits per heavy atom. The van der Waals surface area contributed by atoms with E-state index in [-0.39, 0.29) is 23.4 Å². The first-order valence-electron chi connectivity index (χ1n) is 4.69. The van der Waals surface area contributed by atoms with E-state index in [2.05, 4.69) is 9.71 Å². The van der Waals surface area contributed by atoms with Crippen LogP contribution in [0.25, 0.3) is 0 Å². The smallest absolute Gasteiger partial charge is 0.260 e. The van der Waals surface area contributed by atoms with Crippen molar-refractivity contribution in [3.8, 4) is 0 Å². The SMILES string of the molecule is COCC(C)NS(=O)(=O)c1ncccc1N. The maximum absolute atomic E-state index is 11.8. The lowest BCUT2D eigenvalue weighted by Crippen LogP contribution is -2.36. The molecule has 0 aliphatic heterocycles. The number of hydrogen-bond acceptors (Lipinski definition) is 5. The molecule has 0 amide bonds. The highest BCUT2D eigenvalue weighted by molar-refractivity contribution is 7.89. The van der Waals surface area contributed by atoms with E-state index in [0.717, 1.165) is 0 Å². The normalized spacial score (nSPS) is 13.6. The molecule has 1 aromatic heterocycles. The fraction of sp³-hybridized carbons (Fsp3) is 0.444. The van der Waals surface area contributed by atoms with Crippen LogP contribution in [0, 0.1) is 0 Å². The molecular formula is C9H15N3O3S. The lowest BCUT2D eigenvalue weighted by molar-refractivity contribution is 0.180. The fourth-order valence-electron chi connectivity index (χ4n) is 1.23. The molecule has 90 valence electrons. The lowest BCUT2D eigenvalue weighted by atomic mass is 10.4. The number of methoxy groups -OCH3 is 1. The number of ether oxygens (including phenoxy) is 1. The summed E-state index contributed by atoms with van der Waals surface area (Å²) in [6.07, 6.45) is 1.38. The molecule has 0 saturated carbocycles. The van der Waals surface area contributed by atoms with Gasteiger partial charge in [-0.25, -0.2) is 18.1 Å². The molecule has 0 spiro atoms. The molecule has 7 heteroatoms. The maximum Gasteiger partial charge on any atom is 0.260 e. The average Bonchev–Trinajstić information content (AvgIpc) is 2.17. The van der Waals surface area contributed by atoms with Crippen molar-refractivity contribution in [1.29, 1.82) is 0 Å². The minimum Gasteiger partial charge on any atom is -0.396 e. The van der Waals surface area contributed by atoms with Crippen molar-refractivity contribution < 1.29 is 13.2 Å². The molecule has 0 fully saturated rings. The van der Waals surface area contributed by atoms with Gasteiger partial charge >= 0.3 is 0 Å². The summed E-state index contributed by atoms with van der Waals surface area (Å²) in [7, 11) is -2.18. The minimum absolute atomic E-state index is 0.125. The molecule has 1 unspecified atom stereocenters. The van der Waals surface area contributed by atoms with Crippen LogP contribution in [0.5, 0.6) is 0 Å². The highest BCUT2D eigenvalue weighted by Crippen LogP contribution is 2.13. The molecule has 0 aliphatic carbocycles. The summed E-state index contributed by atoms with van der Waals surface area (Å²) in [5.41, 5.74) is 5.67. The Hall–Kier alpha value is -1.18. The van der Waals surface area contributed by atoms with Crippen LogP contribution < -0.4 is 10.5 Å². The van der Waals surface area contributed by atoms with Gasteiger partial charge in [0, 0.05) is 19.3 Å². The molecular weight excluding hydrogens is 230 g/mol. The van der Waals surface area contributed by atoms with Gasteiger partial charge in [0.2, 0.25) is 0 Å². The Morgan fingerprint density at radius 2 is 2.31 bits per heavy atom. The zero-order valence-electron chi connectivity index (χ0n) is 9.17. The summed E-state index contributed by atoms with van der Waals surface area (Å²) >= 11 is 0. The van der Waals surface area contributed by atoms with Crippen molar-refractivity contribution in [2.75, 3.05) is 19.5 Å². The van der Waals surface area contributed by atoms with Crippen molar-refractivity contribution >= 4 is 15.7 Å². The number of nitrogens with zero attached hydrogens (tertiary/aromatic N) is 1. The second kappa shape index (κ2) is 5.24. The van der Waals surface area contributed by atoms with Crippen LogP contribution in [0.15, 0.2) is 23.4 Å². The quantitative estimate of drug-likeness (QED) is 0.760. The summed E-state index contributed by atoms with van der Waals surface area (Å²) in [5, 5.41) is -0.155. The Bertz CT molecular complexity index is 447. The zero-order chi connectivity index (χ0) is 12.2. The van der Waals surface area contributed by atoms with E-state index in [9.17, 15) is 8.42 Å². The zero-order valence-corrected chi connectivity index (χ0v) is 9.99. The van der Waals surface area contributed by atoms with E-state index in [1.807, 2.05) is 0 Å². The lowest BCUT2D eigenvalue weighted by Gasteiger charge is -2.13. The van der Waals surface area contributed by atoms with Gasteiger partial charge in [0.1, 0.15) is 0 Å². The number of sulfonamides is 1. The van der Waals surface area contributed by atoms with Gasteiger partial charge < -0.3 is 10.5 Å². The topological polar surface area (TPSA) is 94.3 Å². The third kappa shape index (κ3) is 3.16. The predicted molar refractivity (Wildman–Crippen MR) is 60.3 cm³/mol. The molecule has 3 N–H and O–H groups in total. The van der Waals surface area contributed by atoms with Crippen LogP contribution in [0.2, 0.25) is 0 Å². The number of nitrogens with one attached hydrogen (secondary N) is 1. The third-order valence-corrected chi connectivity index (χ3v) is 3.39. The molecule has 0 aromatic carbocycles. The number of pyridine rings is 1. The molecule has 0 saturated heterocycles. The van der Waals surface area contributed by atoms with E-state index in [1.165, 1.54) is 19.4 Å². The summed E-state index contributed by atoms with van der Waals surface area (Å²) in [4.78, 5) is 3.75. The number of nitrogen functional groups attached to an aromatic ring is 1. The summed E-state index contributed by atoms with van der Waals surface area (Å²) in [5.74, 6) is 0. The number of rotatable bonds is 5. The van der Waals surface area contributed by atoms with Gasteiger partial charge in [-0.3, -0.25) is 0 Å². The van der Waals surface area contributed by atoms with Crippen molar-refractivity contribution in [3.63, 3.8) is 0 Å². The molecule has 1 aromatic rings. The first-order chi connectivity index (χ1) is 7.47.